The zero-order valence-electron chi connectivity index (χ0n) is 11.2. The fourth-order valence-corrected chi connectivity index (χ4v) is 1.86. The predicted molar refractivity (Wildman–Crippen MR) is 69.2 cm³/mol. The summed E-state index contributed by atoms with van der Waals surface area (Å²) in [4.78, 5) is 19.8. The highest BCUT2D eigenvalue weighted by Crippen LogP contribution is 1.98. The minimum Gasteiger partial charge on any atom is -0.352 e. The fourth-order valence-electron chi connectivity index (χ4n) is 1.86. The van der Waals surface area contributed by atoms with Crippen LogP contribution in [-0.2, 0) is 17.9 Å². The van der Waals surface area contributed by atoms with Gasteiger partial charge in [0.2, 0.25) is 5.91 Å². The van der Waals surface area contributed by atoms with Crippen LogP contribution < -0.4 is 5.32 Å². The van der Waals surface area contributed by atoms with Gasteiger partial charge in [0.1, 0.15) is 18.5 Å². The summed E-state index contributed by atoms with van der Waals surface area (Å²) in [6, 6.07) is 0.0260. The van der Waals surface area contributed by atoms with Crippen molar-refractivity contribution >= 4 is 5.91 Å². The number of hydrogen-bond acceptors (Lipinski definition) is 4. The first-order chi connectivity index (χ1) is 9.15. The van der Waals surface area contributed by atoms with Gasteiger partial charge in [0, 0.05) is 31.4 Å². The lowest BCUT2D eigenvalue weighted by Gasteiger charge is -2.14. The van der Waals surface area contributed by atoms with Crippen LogP contribution in [0, 0.1) is 6.92 Å². The molecule has 2 aromatic heterocycles. The lowest BCUT2D eigenvalue weighted by atomic mass is 10.3. The van der Waals surface area contributed by atoms with Crippen LogP contribution in [0.25, 0.3) is 0 Å². The molecular formula is C12H18N6O. The third-order valence-electron chi connectivity index (χ3n) is 2.84. The smallest absolute Gasteiger partial charge is 0.222 e. The third kappa shape index (κ3) is 3.90. The van der Waals surface area contributed by atoms with Crippen molar-refractivity contribution in [1.82, 2.24) is 29.6 Å². The molecular weight excluding hydrogens is 244 g/mol. The Morgan fingerprint density at radius 1 is 1.53 bits per heavy atom. The maximum absolute atomic E-state index is 11.8. The van der Waals surface area contributed by atoms with E-state index in [0.717, 1.165) is 5.82 Å². The molecule has 1 unspecified atom stereocenters. The standard InChI is InChI=1S/C12H18N6O/c1-10(7-18-9-13-8-15-18)16-12(19)3-5-17-6-4-14-11(17)2/h4,6,8-10H,3,5,7H2,1-2H3,(H,16,19). The Hall–Kier alpha value is -2.18. The first kappa shape index (κ1) is 13.3. The zero-order chi connectivity index (χ0) is 13.7. The van der Waals surface area contributed by atoms with Crippen molar-refractivity contribution in [2.24, 2.45) is 0 Å². The van der Waals surface area contributed by atoms with Gasteiger partial charge in [-0.05, 0) is 13.8 Å². The highest BCUT2D eigenvalue weighted by Gasteiger charge is 2.09. The van der Waals surface area contributed by atoms with Crippen molar-refractivity contribution in [3.8, 4) is 0 Å². The lowest BCUT2D eigenvalue weighted by molar-refractivity contribution is -0.122. The molecule has 7 nitrogen and oxygen atoms in total. The molecule has 2 rings (SSSR count). The zero-order valence-corrected chi connectivity index (χ0v) is 11.2. The molecule has 1 N–H and O–H groups in total. The highest BCUT2D eigenvalue weighted by atomic mass is 16.1. The van der Waals surface area contributed by atoms with E-state index in [0.29, 0.717) is 19.5 Å². The number of carbonyl (C=O) groups is 1. The largest absolute Gasteiger partial charge is 0.352 e. The van der Waals surface area contributed by atoms with Crippen LogP contribution in [0.2, 0.25) is 0 Å². The summed E-state index contributed by atoms with van der Waals surface area (Å²) in [6.45, 7) is 5.14. The summed E-state index contributed by atoms with van der Waals surface area (Å²) in [6.07, 6.45) is 7.18. The Bertz CT molecular complexity index is 518. The molecule has 102 valence electrons. The minimum atomic E-state index is 0.0260. The second-order valence-electron chi connectivity index (χ2n) is 4.50. The monoisotopic (exact) mass is 262 g/mol. The molecule has 2 aromatic rings. The Kier molecular flexibility index (Phi) is 4.27. The van der Waals surface area contributed by atoms with Crippen LogP contribution in [0.3, 0.4) is 0 Å². The second-order valence-corrected chi connectivity index (χ2v) is 4.50. The van der Waals surface area contributed by atoms with Gasteiger partial charge in [-0.2, -0.15) is 5.10 Å². The third-order valence-corrected chi connectivity index (χ3v) is 2.84. The summed E-state index contributed by atoms with van der Waals surface area (Å²) < 4.78 is 3.66. The van der Waals surface area contributed by atoms with Crippen LogP contribution >= 0.6 is 0 Å². The van der Waals surface area contributed by atoms with Gasteiger partial charge < -0.3 is 9.88 Å². The Balaban J connectivity index is 1.73. The van der Waals surface area contributed by atoms with Gasteiger partial charge in [0.25, 0.3) is 0 Å². The van der Waals surface area contributed by atoms with E-state index in [1.165, 1.54) is 6.33 Å². The number of aryl methyl sites for hydroxylation is 2. The summed E-state index contributed by atoms with van der Waals surface area (Å²) in [5.41, 5.74) is 0. The van der Waals surface area contributed by atoms with Crippen LogP contribution in [-0.4, -0.2) is 36.3 Å². The average molecular weight is 262 g/mol. The summed E-state index contributed by atoms with van der Waals surface area (Å²) >= 11 is 0. The Labute approximate surface area is 111 Å². The van der Waals surface area contributed by atoms with Gasteiger partial charge in [0.15, 0.2) is 0 Å². The first-order valence-electron chi connectivity index (χ1n) is 6.24. The lowest BCUT2D eigenvalue weighted by Crippen LogP contribution is -2.36. The average Bonchev–Trinajstić information content (AvgIpc) is 2.98. The maximum Gasteiger partial charge on any atom is 0.222 e. The van der Waals surface area contributed by atoms with E-state index in [2.05, 4.69) is 20.4 Å². The summed E-state index contributed by atoms with van der Waals surface area (Å²) in [7, 11) is 0. The second kappa shape index (κ2) is 6.12. The molecule has 7 heteroatoms. The number of rotatable bonds is 6. The van der Waals surface area contributed by atoms with Crippen LogP contribution in [0.1, 0.15) is 19.2 Å². The van der Waals surface area contributed by atoms with Crippen molar-refractivity contribution in [3.63, 3.8) is 0 Å². The van der Waals surface area contributed by atoms with E-state index in [1.807, 2.05) is 24.6 Å². The van der Waals surface area contributed by atoms with Gasteiger partial charge in [-0.25, -0.2) is 9.97 Å². The molecule has 19 heavy (non-hydrogen) atoms. The van der Waals surface area contributed by atoms with Gasteiger partial charge in [-0.15, -0.1) is 0 Å². The first-order valence-corrected chi connectivity index (χ1v) is 6.24. The van der Waals surface area contributed by atoms with Crippen LogP contribution in [0.4, 0.5) is 0 Å². The van der Waals surface area contributed by atoms with Crippen molar-refractivity contribution in [2.75, 3.05) is 0 Å². The van der Waals surface area contributed by atoms with Gasteiger partial charge in [-0.3, -0.25) is 9.48 Å². The van der Waals surface area contributed by atoms with Gasteiger partial charge in [0.05, 0.1) is 6.54 Å². The molecule has 0 aliphatic rings. The molecule has 1 atom stereocenters. The number of nitrogens with zero attached hydrogens (tertiary/aromatic N) is 5. The normalized spacial score (nSPS) is 12.3. The highest BCUT2D eigenvalue weighted by molar-refractivity contribution is 5.76. The molecule has 0 aromatic carbocycles. The number of imidazole rings is 1. The van der Waals surface area contributed by atoms with E-state index in [1.54, 1.807) is 17.2 Å². The molecule has 0 fully saturated rings. The van der Waals surface area contributed by atoms with E-state index >= 15 is 0 Å². The van der Waals surface area contributed by atoms with Crippen LogP contribution in [0.5, 0.6) is 0 Å². The predicted octanol–water partition coefficient (Wildman–Crippen LogP) is 0.378. The minimum absolute atomic E-state index is 0.0260. The molecule has 0 aliphatic heterocycles. The molecule has 0 bridgehead atoms. The number of nitrogens with one attached hydrogen (secondary N) is 1. The summed E-state index contributed by atoms with van der Waals surface area (Å²) in [5, 5.41) is 6.94. The Morgan fingerprint density at radius 2 is 2.37 bits per heavy atom. The van der Waals surface area contributed by atoms with E-state index in [4.69, 9.17) is 0 Å². The SMILES string of the molecule is Cc1nccn1CCC(=O)NC(C)Cn1cncn1. The number of amides is 1. The van der Waals surface area contributed by atoms with E-state index in [-0.39, 0.29) is 11.9 Å². The Morgan fingerprint density at radius 3 is 3.00 bits per heavy atom. The van der Waals surface area contributed by atoms with Crippen LogP contribution in [0.15, 0.2) is 25.0 Å². The van der Waals surface area contributed by atoms with Gasteiger partial charge >= 0.3 is 0 Å². The molecule has 1 amide bonds. The van der Waals surface area contributed by atoms with Crippen molar-refractivity contribution in [2.45, 2.75) is 39.4 Å². The maximum atomic E-state index is 11.8. The topological polar surface area (TPSA) is 77.6 Å². The fraction of sp³-hybridized carbons (Fsp3) is 0.500. The number of hydrogen-bond donors (Lipinski definition) is 1. The summed E-state index contributed by atoms with van der Waals surface area (Å²) in [5.74, 6) is 0.948. The molecule has 0 saturated heterocycles. The van der Waals surface area contributed by atoms with Crippen molar-refractivity contribution < 1.29 is 4.79 Å². The van der Waals surface area contributed by atoms with Crippen molar-refractivity contribution in [3.05, 3.63) is 30.9 Å². The quantitative estimate of drug-likeness (QED) is 0.816. The molecule has 0 aliphatic carbocycles. The van der Waals surface area contributed by atoms with E-state index < -0.39 is 0 Å². The van der Waals surface area contributed by atoms with Gasteiger partial charge in [-0.1, -0.05) is 0 Å². The molecule has 0 saturated carbocycles. The molecule has 0 spiro atoms. The van der Waals surface area contributed by atoms with Crippen molar-refractivity contribution in [1.29, 1.82) is 0 Å². The molecule has 2 heterocycles. The van der Waals surface area contributed by atoms with E-state index in [9.17, 15) is 4.79 Å². The molecule has 0 radical (unpaired) electrons. The number of aromatic nitrogens is 5. The number of carbonyl (C=O) groups excluding carboxylic acids is 1.